The van der Waals surface area contributed by atoms with Crippen LogP contribution in [0.2, 0.25) is 0 Å². The standard InChI is InChI=1S/C28H27N3O3S2/c1-18-5-6-19(2)24(15-18)29-26(32)17-34-23-13-7-20(8-14-23)16-25-27(33)31(28(35)36-25)22-11-9-21(10-12-22)30(3)4/h5-16H,17H2,1-4H3,(H,29,32)/b25-16-. The van der Waals surface area contributed by atoms with Crippen molar-refractivity contribution < 1.29 is 14.3 Å². The molecule has 3 aromatic carbocycles. The molecule has 0 aromatic heterocycles. The Labute approximate surface area is 220 Å². The Morgan fingerprint density at radius 2 is 1.75 bits per heavy atom. The van der Waals surface area contributed by atoms with Crippen LogP contribution in [0.15, 0.2) is 71.6 Å². The van der Waals surface area contributed by atoms with E-state index in [0.717, 1.165) is 33.8 Å². The van der Waals surface area contributed by atoms with Gasteiger partial charge >= 0.3 is 0 Å². The average molecular weight is 518 g/mol. The van der Waals surface area contributed by atoms with Gasteiger partial charge in [0.1, 0.15) is 5.75 Å². The van der Waals surface area contributed by atoms with Gasteiger partial charge in [-0.1, -0.05) is 48.2 Å². The third-order valence-corrected chi connectivity index (χ3v) is 6.94. The van der Waals surface area contributed by atoms with E-state index in [9.17, 15) is 9.59 Å². The molecule has 0 spiro atoms. The van der Waals surface area contributed by atoms with Gasteiger partial charge in [-0.2, -0.15) is 0 Å². The summed E-state index contributed by atoms with van der Waals surface area (Å²) in [5, 5.41) is 2.88. The molecule has 1 aliphatic heterocycles. The fourth-order valence-corrected chi connectivity index (χ4v) is 4.91. The molecule has 8 heteroatoms. The van der Waals surface area contributed by atoms with Crippen molar-refractivity contribution in [1.29, 1.82) is 0 Å². The maximum Gasteiger partial charge on any atom is 0.270 e. The highest BCUT2D eigenvalue weighted by Gasteiger charge is 2.33. The molecule has 0 atom stereocenters. The summed E-state index contributed by atoms with van der Waals surface area (Å²) >= 11 is 6.76. The zero-order valence-electron chi connectivity index (χ0n) is 20.6. The maximum absolute atomic E-state index is 13.0. The molecule has 36 heavy (non-hydrogen) atoms. The molecule has 6 nitrogen and oxygen atoms in total. The number of hydrogen-bond donors (Lipinski definition) is 1. The number of amides is 2. The fraction of sp³-hybridized carbons (Fsp3) is 0.179. The minimum absolute atomic E-state index is 0.0992. The molecule has 0 aliphatic carbocycles. The highest BCUT2D eigenvalue weighted by atomic mass is 32.2. The van der Waals surface area contributed by atoms with Crippen molar-refractivity contribution in [3.8, 4) is 5.75 Å². The van der Waals surface area contributed by atoms with E-state index in [1.807, 2.05) is 93.5 Å². The monoisotopic (exact) mass is 517 g/mol. The Balaban J connectivity index is 1.37. The number of hydrogen-bond acceptors (Lipinski definition) is 6. The second kappa shape index (κ2) is 11.0. The minimum Gasteiger partial charge on any atom is -0.484 e. The number of rotatable bonds is 7. The van der Waals surface area contributed by atoms with Gasteiger partial charge in [-0.3, -0.25) is 14.5 Å². The zero-order valence-corrected chi connectivity index (χ0v) is 22.2. The second-order valence-corrected chi connectivity index (χ2v) is 10.3. The van der Waals surface area contributed by atoms with Gasteiger partial charge in [0.05, 0.1) is 10.6 Å². The molecule has 0 saturated carbocycles. The average Bonchev–Trinajstić information content (AvgIpc) is 3.13. The molecule has 184 valence electrons. The molecule has 0 radical (unpaired) electrons. The predicted molar refractivity (Wildman–Crippen MR) is 153 cm³/mol. The van der Waals surface area contributed by atoms with Gasteiger partial charge in [0, 0.05) is 25.5 Å². The number of ether oxygens (including phenoxy) is 1. The van der Waals surface area contributed by atoms with Crippen LogP contribution in [0.4, 0.5) is 17.1 Å². The van der Waals surface area contributed by atoms with Crippen LogP contribution in [-0.2, 0) is 9.59 Å². The van der Waals surface area contributed by atoms with E-state index < -0.39 is 0 Å². The topological polar surface area (TPSA) is 61.9 Å². The van der Waals surface area contributed by atoms with E-state index in [0.29, 0.717) is 15.0 Å². The maximum atomic E-state index is 13.0. The lowest BCUT2D eigenvalue weighted by atomic mass is 10.1. The van der Waals surface area contributed by atoms with Gasteiger partial charge in [-0.05, 0) is 79.1 Å². The summed E-state index contributed by atoms with van der Waals surface area (Å²) in [4.78, 5) is 29.5. The summed E-state index contributed by atoms with van der Waals surface area (Å²) in [6, 6.07) is 20.9. The van der Waals surface area contributed by atoms with E-state index in [2.05, 4.69) is 5.32 Å². The number of thiocarbonyl (C=S) groups is 1. The van der Waals surface area contributed by atoms with Crippen LogP contribution in [-0.4, -0.2) is 36.8 Å². The normalized spacial score (nSPS) is 14.3. The summed E-state index contributed by atoms with van der Waals surface area (Å²) in [6.45, 7) is 3.83. The van der Waals surface area contributed by atoms with Crippen LogP contribution in [0.3, 0.4) is 0 Å². The van der Waals surface area contributed by atoms with Crippen molar-refractivity contribution in [3.63, 3.8) is 0 Å². The Bertz CT molecular complexity index is 1330. The van der Waals surface area contributed by atoms with E-state index in [1.54, 1.807) is 17.0 Å². The summed E-state index contributed by atoms with van der Waals surface area (Å²) in [7, 11) is 3.93. The lowest BCUT2D eigenvalue weighted by molar-refractivity contribution is -0.118. The first-order valence-corrected chi connectivity index (χ1v) is 12.6. The first-order valence-electron chi connectivity index (χ1n) is 11.4. The van der Waals surface area contributed by atoms with Crippen molar-refractivity contribution in [2.45, 2.75) is 13.8 Å². The summed E-state index contributed by atoms with van der Waals surface area (Å²) in [6.07, 6.45) is 1.81. The lowest BCUT2D eigenvalue weighted by Gasteiger charge is -2.17. The molecule has 0 unspecified atom stereocenters. The predicted octanol–water partition coefficient (Wildman–Crippen LogP) is 5.79. The van der Waals surface area contributed by atoms with Crippen molar-refractivity contribution in [2.75, 3.05) is 35.8 Å². The molecule has 1 heterocycles. The van der Waals surface area contributed by atoms with Crippen LogP contribution in [0.5, 0.6) is 5.75 Å². The molecule has 1 N–H and O–H groups in total. The highest BCUT2D eigenvalue weighted by molar-refractivity contribution is 8.27. The molecule has 1 fully saturated rings. The van der Waals surface area contributed by atoms with Gasteiger partial charge < -0.3 is 15.0 Å². The summed E-state index contributed by atoms with van der Waals surface area (Å²) < 4.78 is 6.14. The molecule has 4 rings (SSSR count). The fourth-order valence-electron chi connectivity index (χ4n) is 3.61. The van der Waals surface area contributed by atoms with Gasteiger partial charge in [0.2, 0.25) is 0 Å². The number of aryl methyl sites for hydroxylation is 2. The van der Waals surface area contributed by atoms with Crippen LogP contribution in [0, 0.1) is 13.8 Å². The number of nitrogens with zero attached hydrogens (tertiary/aromatic N) is 2. The van der Waals surface area contributed by atoms with Crippen molar-refractivity contribution >= 4 is 63.3 Å². The molecule has 1 saturated heterocycles. The quantitative estimate of drug-likeness (QED) is 0.316. The Kier molecular flexibility index (Phi) is 7.76. The minimum atomic E-state index is -0.227. The number of carbonyl (C=O) groups is 2. The van der Waals surface area contributed by atoms with Crippen LogP contribution in [0.25, 0.3) is 6.08 Å². The number of anilines is 3. The first kappa shape index (κ1) is 25.5. The van der Waals surface area contributed by atoms with Gasteiger partial charge in [-0.15, -0.1) is 0 Å². The SMILES string of the molecule is Cc1ccc(C)c(NC(=O)COc2ccc(/C=C3\SC(=S)N(c4ccc(N(C)C)cc4)C3=O)cc2)c1. The largest absolute Gasteiger partial charge is 0.484 e. The zero-order chi connectivity index (χ0) is 25.8. The van der Waals surface area contributed by atoms with Crippen LogP contribution in [0.1, 0.15) is 16.7 Å². The summed E-state index contributed by atoms with van der Waals surface area (Å²) in [5.41, 5.74) is 5.48. The molecule has 0 bridgehead atoms. The van der Waals surface area contributed by atoms with Gasteiger partial charge in [0.15, 0.2) is 10.9 Å². The van der Waals surface area contributed by atoms with E-state index in [-0.39, 0.29) is 18.4 Å². The number of thioether (sulfide) groups is 1. The highest BCUT2D eigenvalue weighted by Crippen LogP contribution is 2.36. The second-order valence-electron chi connectivity index (χ2n) is 8.65. The summed E-state index contributed by atoms with van der Waals surface area (Å²) in [5.74, 6) is 0.193. The van der Waals surface area contributed by atoms with Gasteiger partial charge in [-0.25, -0.2) is 0 Å². The Morgan fingerprint density at radius 1 is 1.06 bits per heavy atom. The Hall–Kier alpha value is -3.62. The molecule has 2 amide bonds. The van der Waals surface area contributed by atoms with Crippen molar-refractivity contribution in [1.82, 2.24) is 0 Å². The molecular weight excluding hydrogens is 490 g/mol. The smallest absolute Gasteiger partial charge is 0.270 e. The molecular formula is C28H27N3O3S2. The van der Waals surface area contributed by atoms with Crippen LogP contribution >= 0.6 is 24.0 Å². The van der Waals surface area contributed by atoms with E-state index in [1.165, 1.54) is 11.8 Å². The number of carbonyl (C=O) groups excluding carboxylic acids is 2. The third-order valence-electron chi connectivity index (χ3n) is 5.63. The van der Waals surface area contributed by atoms with Crippen LogP contribution < -0.4 is 19.9 Å². The third kappa shape index (κ3) is 5.95. The number of nitrogens with one attached hydrogen (secondary N) is 1. The van der Waals surface area contributed by atoms with E-state index >= 15 is 0 Å². The number of benzene rings is 3. The Morgan fingerprint density at radius 3 is 2.42 bits per heavy atom. The van der Waals surface area contributed by atoms with E-state index in [4.69, 9.17) is 17.0 Å². The van der Waals surface area contributed by atoms with Gasteiger partial charge in [0.25, 0.3) is 11.8 Å². The molecule has 1 aliphatic rings. The molecule has 3 aromatic rings. The van der Waals surface area contributed by atoms with Crippen molar-refractivity contribution in [2.24, 2.45) is 0 Å². The van der Waals surface area contributed by atoms with Crippen molar-refractivity contribution in [3.05, 3.63) is 88.3 Å². The lowest BCUT2D eigenvalue weighted by Crippen LogP contribution is -2.27. The first-order chi connectivity index (χ1) is 17.2.